The fraction of sp³-hybridized carbons (Fsp3) is 0.500. The molecule has 0 heterocycles. The molecule has 82 valence electrons. The summed E-state index contributed by atoms with van der Waals surface area (Å²) in [7, 11) is -0.847. The predicted molar refractivity (Wildman–Crippen MR) is 63.1 cm³/mol. The van der Waals surface area contributed by atoms with E-state index in [1.807, 2.05) is 30.3 Å². The highest BCUT2D eigenvalue weighted by Crippen LogP contribution is 2.49. The van der Waals surface area contributed by atoms with Gasteiger partial charge in [0.2, 0.25) is 0 Å². The summed E-state index contributed by atoms with van der Waals surface area (Å²) in [6.07, 6.45) is 3.41. The third-order valence-corrected chi connectivity index (χ3v) is 4.75. The summed E-state index contributed by atoms with van der Waals surface area (Å²) >= 11 is 0. The van der Waals surface area contributed by atoms with Gasteiger partial charge in [-0.25, -0.2) is 0 Å². The fourth-order valence-corrected chi connectivity index (χ4v) is 3.50. The number of rotatable bonds is 5. The van der Waals surface area contributed by atoms with Gasteiger partial charge in [0.1, 0.15) is 0 Å². The van der Waals surface area contributed by atoms with E-state index in [2.05, 4.69) is 0 Å². The molecule has 15 heavy (non-hydrogen) atoms. The Morgan fingerprint density at radius 1 is 1.27 bits per heavy atom. The van der Waals surface area contributed by atoms with Gasteiger partial charge < -0.3 is 5.73 Å². The first-order chi connectivity index (χ1) is 7.26. The number of hydrogen-bond acceptors (Lipinski definition) is 2. The van der Waals surface area contributed by atoms with Gasteiger partial charge >= 0.3 is 0 Å². The highest BCUT2D eigenvalue weighted by atomic mass is 32.2. The summed E-state index contributed by atoms with van der Waals surface area (Å²) in [6, 6.07) is 9.71. The Morgan fingerprint density at radius 3 is 2.47 bits per heavy atom. The first-order valence-electron chi connectivity index (χ1n) is 5.39. The number of benzene rings is 1. The average Bonchev–Trinajstić information content (AvgIpc) is 3.00. The Labute approximate surface area is 93.3 Å². The molecule has 1 fully saturated rings. The van der Waals surface area contributed by atoms with Crippen LogP contribution in [0.4, 0.5) is 0 Å². The zero-order valence-corrected chi connectivity index (χ0v) is 9.63. The Kier molecular flexibility index (Phi) is 3.22. The molecule has 0 spiro atoms. The van der Waals surface area contributed by atoms with E-state index in [9.17, 15) is 4.21 Å². The third kappa shape index (κ3) is 2.67. The summed E-state index contributed by atoms with van der Waals surface area (Å²) in [5.41, 5.74) is 5.87. The van der Waals surface area contributed by atoms with Gasteiger partial charge in [-0.2, -0.15) is 0 Å². The zero-order valence-electron chi connectivity index (χ0n) is 8.82. The molecule has 0 radical (unpaired) electrons. The summed E-state index contributed by atoms with van der Waals surface area (Å²) in [5, 5.41) is 0. The third-order valence-electron chi connectivity index (χ3n) is 3.08. The van der Waals surface area contributed by atoms with E-state index in [4.69, 9.17) is 5.73 Å². The minimum Gasteiger partial charge on any atom is -0.330 e. The molecule has 2 rings (SSSR count). The van der Waals surface area contributed by atoms with Crippen LogP contribution in [0.15, 0.2) is 35.2 Å². The van der Waals surface area contributed by atoms with Gasteiger partial charge in [0, 0.05) is 10.6 Å². The van der Waals surface area contributed by atoms with Crippen LogP contribution >= 0.6 is 0 Å². The molecule has 0 saturated heterocycles. The summed E-state index contributed by atoms with van der Waals surface area (Å²) < 4.78 is 12.0. The molecule has 1 aromatic carbocycles. The quantitative estimate of drug-likeness (QED) is 0.828. The first kappa shape index (κ1) is 10.8. The largest absolute Gasteiger partial charge is 0.330 e. The van der Waals surface area contributed by atoms with Crippen molar-refractivity contribution in [2.75, 3.05) is 12.3 Å². The molecular formula is C12H17NOS. The lowest BCUT2D eigenvalue weighted by atomic mass is 10.1. The van der Waals surface area contributed by atoms with Gasteiger partial charge in [0.15, 0.2) is 0 Å². The van der Waals surface area contributed by atoms with Crippen LogP contribution in [0.1, 0.15) is 19.3 Å². The van der Waals surface area contributed by atoms with E-state index in [0.29, 0.717) is 12.0 Å². The Balaban J connectivity index is 1.99. The van der Waals surface area contributed by atoms with E-state index in [0.717, 1.165) is 17.1 Å². The number of nitrogens with two attached hydrogens (primary N) is 1. The lowest BCUT2D eigenvalue weighted by Gasteiger charge is -2.12. The van der Waals surface area contributed by atoms with Crippen molar-refractivity contribution in [1.82, 2.24) is 0 Å². The molecule has 0 bridgehead atoms. The monoisotopic (exact) mass is 223 g/mol. The molecule has 0 amide bonds. The van der Waals surface area contributed by atoms with Crippen LogP contribution in [0, 0.1) is 5.41 Å². The highest BCUT2D eigenvalue weighted by Gasteiger charge is 2.43. The van der Waals surface area contributed by atoms with Crippen molar-refractivity contribution in [2.45, 2.75) is 24.2 Å². The van der Waals surface area contributed by atoms with Crippen LogP contribution in [0.25, 0.3) is 0 Å². The van der Waals surface area contributed by atoms with E-state index in [1.165, 1.54) is 12.8 Å². The molecular weight excluding hydrogens is 206 g/mol. The van der Waals surface area contributed by atoms with Gasteiger partial charge in [0.05, 0.1) is 10.8 Å². The van der Waals surface area contributed by atoms with Crippen LogP contribution in [0.5, 0.6) is 0 Å². The van der Waals surface area contributed by atoms with Gasteiger partial charge in [-0.05, 0) is 43.4 Å². The molecule has 1 saturated carbocycles. The lowest BCUT2D eigenvalue weighted by Crippen LogP contribution is -2.16. The minimum absolute atomic E-state index is 0.301. The van der Waals surface area contributed by atoms with E-state index in [1.54, 1.807) is 0 Å². The van der Waals surface area contributed by atoms with Crippen molar-refractivity contribution in [3.63, 3.8) is 0 Å². The molecule has 0 aromatic heterocycles. The zero-order chi connectivity index (χ0) is 10.7. The molecule has 1 aliphatic rings. The normalized spacial score (nSPS) is 19.8. The first-order valence-corrected chi connectivity index (χ1v) is 6.71. The van der Waals surface area contributed by atoms with Crippen LogP contribution in [0.2, 0.25) is 0 Å². The van der Waals surface area contributed by atoms with E-state index in [-0.39, 0.29) is 0 Å². The van der Waals surface area contributed by atoms with Crippen LogP contribution < -0.4 is 5.73 Å². The number of hydrogen-bond donors (Lipinski definition) is 1. The van der Waals surface area contributed by atoms with E-state index < -0.39 is 10.8 Å². The molecule has 3 heteroatoms. The second kappa shape index (κ2) is 4.45. The van der Waals surface area contributed by atoms with Crippen molar-refractivity contribution in [3.8, 4) is 0 Å². The van der Waals surface area contributed by atoms with Gasteiger partial charge in [-0.15, -0.1) is 0 Å². The Morgan fingerprint density at radius 2 is 1.93 bits per heavy atom. The molecule has 0 aliphatic heterocycles. The molecule has 2 N–H and O–H groups in total. The highest BCUT2D eigenvalue weighted by molar-refractivity contribution is 7.85. The van der Waals surface area contributed by atoms with Crippen molar-refractivity contribution in [3.05, 3.63) is 30.3 Å². The van der Waals surface area contributed by atoms with Gasteiger partial charge in [0.25, 0.3) is 0 Å². The maximum atomic E-state index is 12.0. The molecule has 1 aliphatic carbocycles. The maximum Gasteiger partial charge on any atom is 0.0535 e. The maximum absolute atomic E-state index is 12.0. The van der Waals surface area contributed by atoms with Crippen molar-refractivity contribution in [2.24, 2.45) is 11.1 Å². The summed E-state index contributed by atoms with van der Waals surface area (Å²) in [4.78, 5) is 0.945. The molecule has 2 nitrogen and oxygen atoms in total. The molecule has 1 unspecified atom stereocenters. The van der Waals surface area contributed by atoms with Crippen molar-refractivity contribution in [1.29, 1.82) is 0 Å². The fourth-order valence-electron chi connectivity index (χ4n) is 1.88. The molecule has 1 aromatic rings. The molecule has 1 atom stereocenters. The van der Waals surface area contributed by atoms with Crippen LogP contribution in [0.3, 0.4) is 0 Å². The van der Waals surface area contributed by atoms with Crippen LogP contribution in [-0.4, -0.2) is 16.5 Å². The van der Waals surface area contributed by atoms with Gasteiger partial charge in [-0.1, -0.05) is 18.2 Å². The Bertz CT molecular complexity index is 346. The SMILES string of the molecule is NCCC1(CS(=O)c2ccccc2)CC1. The second-order valence-corrected chi connectivity index (χ2v) is 5.79. The summed E-state index contributed by atoms with van der Waals surface area (Å²) in [6.45, 7) is 0.714. The lowest BCUT2D eigenvalue weighted by molar-refractivity contribution is 0.529. The van der Waals surface area contributed by atoms with Crippen molar-refractivity contribution < 1.29 is 4.21 Å². The summed E-state index contributed by atoms with van der Waals surface area (Å²) in [5.74, 6) is 0.786. The topological polar surface area (TPSA) is 43.1 Å². The standard InChI is InChI=1S/C12H17NOS/c13-9-8-12(6-7-12)10-15(14)11-4-2-1-3-5-11/h1-5H,6-10,13H2. The van der Waals surface area contributed by atoms with Crippen molar-refractivity contribution >= 4 is 10.8 Å². The van der Waals surface area contributed by atoms with E-state index >= 15 is 0 Å². The minimum atomic E-state index is -0.847. The second-order valence-electron chi connectivity index (χ2n) is 4.34. The smallest absolute Gasteiger partial charge is 0.0535 e. The Hall–Kier alpha value is -0.670. The van der Waals surface area contributed by atoms with Crippen LogP contribution in [-0.2, 0) is 10.8 Å². The average molecular weight is 223 g/mol. The predicted octanol–water partition coefficient (Wildman–Crippen LogP) is 1.92. The van der Waals surface area contributed by atoms with Gasteiger partial charge in [-0.3, -0.25) is 4.21 Å².